The summed E-state index contributed by atoms with van der Waals surface area (Å²) in [5, 5.41) is 9.49. The first-order chi connectivity index (χ1) is 8.28. The standard InChI is InChI=1S/C14H20N2S/c1-2-3-12-4-6-14(10-15,7-5-12)8-13-9-16-11-17-13/h9,11-12H,2-8H2,1H3. The molecule has 2 nitrogen and oxygen atoms in total. The Morgan fingerprint density at radius 3 is 2.82 bits per heavy atom. The van der Waals surface area contributed by atoms with E-state index in [2.05, 4.69) is 18.0 Å². The van der Waals surface area contributed by atoms with E-state index in [9.17, 15) is 5.26 Å². The zero-order valence-electron chi connectivity index (χ0n) is 10.5. The topological polar surface area (TPSA) is 36.7 Å². The van der Waals surface area contributed by atoms with Gasteiger partial charge in [-0.05, 0) is 31.6 Å². The second-order valence-electron chi connectivity index (χ2n) is 5.27. The van der Waals surface area contributed by atoms with Crippen molar-refractivity contribution in [2.24, 2.45) is 11.3 Å². The van der Waals surface area contributed by atoms with Gasteiger partial charge < -0.3 is 0 Å². The molecule has 0 saturated heterocycles. The molecule has 2 rings (SSSR count). The fraction of sp³-hybridized carbons (Fsp3) is 0.714. The van der Waals surface area contributed by atoms with E-state index in [1.807, 2.05) is 11.7 Å². The molecule has 1 saturated carbocycles. The zero-order chi connectivity index (χ0) is 12.1. The van der Waals surface area contributed by atoms with Crippen LogP contribution >= 0.6 is 11.3 Å². The molecule has 17 heavy (non-hydrogen) atoms. The molecule has 1 fully saturated rings. The summed E-state index contributed by atoms with van der Waals surface area (Å²) < 4.78 is 0. The van der Waals surface area contributed by atoms with Crippen molar-refractivity contribution in [3.8, 4) is 6.07 Å². The molecule has 0 aromatic carbocycles. The average molecular weight is 248 g/mol. The molecular formula is C14H20N2S. The molecule has 0 amide bonds. The SMILES string of the molecule is CCCC1CCC(C#N)(Cc2cncs2)CC1. The van der Waals surface area contributed by atoms with Crippen molar-refractivity contribution in [1.29, 1.82) is 5.26 Å². The number of nitrogens with zero attached hydrogens (tertiary/aromatic N) is 2. The number of nitriles is 1. The van der Waals surface area contributed by atoms with Crippen LogP contribution in [0.1, 0.15) is 50.3 Å². The van der Waals surface area contributed by atoms with Gasteiger partial charge in [0.25, 0.3) is 0 Å². The summed E-state index contributed by atoms with van der Waals surface area (Å²) in [5.74, 6) is 0.864. The summed E-state index contributed by atoms with van der Waals surface area (Å²) >= 11 is 1.68. The van der Waals surface area contributed by atoms with Crippen LogP contribution < -0.4 is 0 Å². The van der Waals surface area contributed by atoms with E-state index in [4.69, 9.17) is 0 Å². The normalized spacial score (nSPS) is 28.8. The first-order valence-electron chi connectivity index (χ1n) is 6.56. The maximum atomic E-state index is 9.49. The van der Waals surface area contributed by atoms with Crippen LogP contribution in [0.5, 0.6) is 0 Å². The molecule has 0 spiro atoms. The highest BCUT2D eigenvalue weighted by Crippen LogP contribution is 2.42. The number of aromatic nitrogens is 1. The Balaban J connectivity index is 1.96. The quantitative estimate of drug-likeness (QED) is 0.801. The lowest BCUT2D eigenvalue weighted by Gasteiger charge is -2.34. The van der Waals surface area contributed by atoms with E-state index in [1.54, 1.807) is 11.3 Å². The van der Waals surface area contributed by atoms with Gasteiger partial charge in [0.15, 0.2) is 0 Å². The van der Waals surface area contributed by atoms with E-state index in [0.717, 1.165) is 25.2 Å². The van der Waals surface area contributed by atoms with Gasteiger partial charge in [0, 0.05) is 17.5 Å². The summed E-state index contributed by atoms with van der Waals surface area (Å²) in [6.07, 6.45) is 10.1. The number of hydrogen-bond acceptors (Lipinski definition) is 3. The smallest absolute Gasteiger partial charge is 0.0794 e. The van der Waals surface area contributed by atoms with Crippen LogP contribution in [0, 0.1) is 22.7 Å². The van der Waals surface area contributed by atoms with Crippen molar-refractivity contribution in [3.63, 3.8) is 0 Å². The Kier molecular flexibility index (Phi) is 4.17. The number of hydrogen-bond donors (Lipinski definition) is 0. The van der Waals surface area contributed by atoms with Gasteiger partial charge in [-0.1, -0.05) is 19.8 Å². The van der Waals surface area contributed by atoms with Crippen LogP contribution in [0.25, 0.3) is 0 Å². The molecule has 1 aromatic rings. The first kappa shape index (κ1) is 12.6. The third-order valence-electron chi connectivity index (χ3n) is 3.99. The maximum absolute atomic E-state index is 9.49. The Bertz CT molecular complexity index is 369. The van der Waals surface area contributed by atoms with Crippen LogP contribution in [-0.4, -0.2) is 4.98 Å². The summed E-state index contributed by atoms with van der Waals surface area (Å²) in [6.45, 7) is 2.25. The van der Waals surface area contributed by atoms with Gasteiger partial charge in [-0.25, -0.2) is 0 Å². The van der Waals surface area contributed by atoms with Crippen molar-refractivity contribution >= 4 is 11.3 Å². The van der Waals surface area contributed by atoms with Gasteiger partial charge in [-0.15, -0.1) is 11.3 Å². The van der Waals surface area contributed by atoms with Crippen molar-refractivity contribution in [1.82, 2.24) is 4.98 Å². The monoisotopic (exact) mass is 248 g/mol. The van der Waals surface area contributed by atoms with Gasteiger partial charge >= 0.3 is 0 Å². The van der Waals surface area contributed by atoms with Crippen LogP contribution in [0.15, 0.2) is 11.7 Å². The Labute approximate surface area is 108 Å². The second-order valence-corrected chi connectivity index (χ2v) is 6.24. The zero-order valence-corrected chi connectivity index (χ0v) is 11.3. The molecule has 1 aliphatic rings. The molecule has 3 heteroatoms. The highest BCUT2D eigenvalue weighted by atomic mass is 32.1. The number of rotatable bonds is 4. The van der Waals surface area contributed by atoms with Crippen molar-refractivity contribution < 1.29 is 0 Å². The van der Waals surface area contributed by atoms with Crippen LogP contribution in [0.2, 0.25) is 0 Å². The molecule has 1 aromatic heterocycles. The lowest BCUT2D eigenvalue weighted by atomic mass is 9.68. The van der Waals surface area contributed by atoms with Crippen molar-refractivity contribution in [2.75, 3.05) is 0 Å². The molecule has 92 valence electrons. The second kappa shape index (κ2) is 5.64. The molecule has 0 atom stereocenters. The highest BCUT2D eigenvalue weighted by Gasteiger charge is 2.35. The summed E-state index contributed by atoms with van der Waals surface area (Å²) in [4.78, 5) is 5.37. The molecule has 0 radical (unpaired) electrons. The molecule has 1 aliphatic carbocycles. The lowest BCUT2D eigenvalue weighted by molar-refractivity contribution is 0.201. The number of thiazole rings is 1. The Morgan fingerprint density at radius 1 is 1.53 bits per heavy atom. The molecule has 0 bridgehead atoms. The highest BCUT2D eigenvalue weighted by molar-refractivity contribution is 7.09. The third-order valence-corrected chi connectivity index (χ3v) is 4.77. The van der Waals surface area contributed by atoms with Crippen LogP contribution in [0.4, 0.5) is 0 Å². The molecule has 0 N–H and O–H groups in total. The maximum Gasteiger partial charge on any atom is 0.0794 e. The summed E-state index contributed by atoms with van der Waals surface area (Å²) in [7, 11) is 0. The fourth-order valence-electron chi connectivity index (χ4n) is 2.92. The molecule has 1 heterocycles. The Hall–Kier alpha value is -0.880. The van der Waals surface area contributed by atoms with Gasteiger partial charge in [0.2, 0.25) is 0 Å². The van der Waals surface area contributed by atoms with E-state index < -0.39 is 0 Å². The van der Waals surface area contributed by atoms with E-state index >= 15 is 0 Å². The Morgan fingerprint density at radius 2 is 2.29 bits per heavy atom. The van der Waals surface area contributed by atoms with Crippen LogP contribution in [0.3, 0.4) is 0 Å². The average Bonchev–Trinajstić information content (AvgIpc) is 2.85. The van der Waals surface area contributed by atoms with Crippen molar-refractivity contribution in [2.45, 2.75) is 51.9 Å². The first-order valence-corrected chi connectivity index (χ1v) is 7.44. The molecule has 0 unspecified atom stereocenters. The van der Waals surface area contributed by atoms with Gasteiger partial charge in [0.05, 0.1) is 17.0 Å². The predicted molar refractivity (Wildman–Crippen MR) is 70.7 cm³/mol. The van der Waals surface area contributed by atoms with E-state index in [1.165, 1.54) is 30.6 Å². The summed E-state index contributed by atoms with van der Waals surface area (Å²) in [5.41, 5.74) is 1.76. The van der Waals surface area contributed by atoms with E-state index in [0.29, 0.717) is 0 Å². The van der Waals surface area contributed by atoms with Gasteiger partial charge in [-0.2, -0.15) is 5.26 Å². The van der Waals surface area contributed by atoms with Gasteiger partial charge in [-0.3, -0.25) is 4.98 Å². The molecule has 0 aliphatic heterocycles. The predicted octanol–water partition coefficient (Wildman–Crippen LogP) is 4.19. The van der Waals surface area contributed by atoms with Crippen molar-refractivity contribution in [3.05, 3.63) is 16.6 Å². The largest absolute Gasteiger partial charge is 0.253 e. The lowest BCUT2D eigenvalue weighted by Crippen LogP contribution is -2.28. The minimum Gasteiger partial charge on any atom is -0.253 e. The summed E-state index contributed by atoms with van der Waals surface area (Å²) in [6, 6.07) is 2.60. The third kappa shape index (κ3) is 3.07. The van der Waals surface area contributed by atoms with Crippen LogP contribution in [-0.2, 0) is 6.42 Å². The minimum atomic E-state index is -0.100. The fourth-order valence-corrected chi connectivity index (χ4v) is 3.66. The van der Waals surface area contributed by atoms with E-state index in [-0.39, 0.29) is 5.41 Å². The van der Waals surface area contributed by atoms with Gasteiger partial charge in [0.1, 0.15) is 0 Å². The molecular weight excluding hydrogens is 228 g/mol. The minimum absolute atomic E-state index is 0.100.